The van der Waals surface area contributed by atoms with E-state index in [0.29, 0.717) is 6.04 Å². The van der Waals surface area contributed by atoms with E-state index in [9.17, 15) is 0 Å². The van der Waals surface area contributed by atoms with E-state index >= 15 is 0 Å². The highest BCUT2D eigenvalue weighted by atomic mass is 16.5. The van der Waals surface area contributed by atoms with Crippen molar-refractivity contribution >= 4 is 0 Å². The number of rotatable bonds is 9. The minimum atomic E-state index is 0.341. The smallest absolute Gasteiger partial charge is 0.137 e. The van der Waals surface area contributed by atoms with Crippen LogP contribution < -0.4 is 10.1 Å². The predicted octanol–water partition coefficient (Wildman–Crippen LogP) is 2.47. The molecule has 0 saturated heterocycles. The van der Waals surface area contributed by atoms with Gasteiger partial charge in [0.15, 0.2) is 0 Å². The number of pyridine rings is 1. The molecule has 1 aromatic rings. The molecule has 19 heavy (non-hydrogen) atoms. The lowest BCUT2D eigenvalue weighted by Crippen LogP contribution is -2.21. The van der Waals surface area contributed by atoms with E-state index in [4.69, 9.17) is 4.74 Å². The van der Waals surface area contributed by atoms with Crippen molar-refractivity contribution in [2.75, 3.05) is 33.8 Å². The quantitative estimate of drug-likeness (QED) is 0.696. The Morgan fingerprint density at radius 1 is 1.32 bits per heavy atom. The molecule has 1 atom stereocenters. The van der Waals surface area contributed by atoms with Gasteiger partial charge in [-0.25, -0.2) is 0 Å². The van der Waals surface area contributed by atoms with Crippen molar-refractivity contribution in [2.24, 2.45) is 0 Å². The molecule has 0 bridgehead atoms. The Labute approximate surface area is 117 Å². The molecular formula is C15H27N3O. The van der Waals surface area contributed by atoms with Crippen LogP contribution in [-0.4, -0.2) is 43.7 Å². The third-order valence-electron chi connectivity index (χ3n) is 2.99. The topological polar surface area (TPSA) is 37.4 Å². The van der Waals surface area contributed by atoms with Gasteiger partial charge in [-0.2, -0.15) is 0 Å². The zero-order valence-electron chi connectivity index (χ0n) is 12.6. The summed E-state index contributed by atoms with van der Waals surface area (Å²) in [6.07, 6.45) is 3.90. The summed E-state index contributed by atoms with van der Waals surface area (Å²) in [5.41, 5.74) is 1.09. The second-order valence-electron chi connectivity index (χ2n) is 4.94. The van der Waals surface area contributed by atoms with Crippen LogP contribution in [0.2, 0.25) is 0 Å². The van der Waals surface area contributed by atoms with E-state index in [1.54, 1.807) is 0 Å². The van der Waals surface area contributed by atoms with E-state index in [0.717, 1.165) is 44.0 Å². The molecule has 0 aliphatic rings. The van der Waals surface area contributed by atoms with Crippen molar-refractivity contribution in [3.05, 3.63) is 24.0 Å². The van der Waals surface area contributed by atoms with Crippen LogP contribution in [0.1, 0.15) is 38.4 Å². The van der Waals surface area contributed by atoms with E-state index in [-0.39, 0.29) is 0 Å². The summed E-state index contributed by atoms with van der Waals surface area (Å²) in [7, 11) is 4.14. The Morgan fingerprint density at radius 3 is 2.63 bits per heavy atom. The first kappa shape index (κ1) is 15.9. The first-order valence-corrected chi connectivity index (χ1v) is 7.14. The molecule has 1 N–H and O–H groups in total. The predicted molar refractivity (Wildman–Crippen MR) is 79.6 cm³/mol. The molecule has 1 rings (SSSR count). The Hall–Kier alpha value is -1.13. The van der Waals surface area contributed by atoms with Crippen molar-refractivity contribution in [1.82, 2.24) is 15.2 Å². The number of aromatic nitrogens is 1. The Balaban J connectivity index is 2.42. The first-order valence-electron chi connectivity index (χ1n) is 7.14. The lowest BCUT2D eigenvalue weighted by molar-refractivity contribution is 0.280. The molecule has 0 radical (unpaired) electrons. The summed E-state index contributed by atoms with van der Waals surface area (Å²) >= 11 is 0. The molecule has 0 aliphatic carbocycles. The van der Waals surface area contributed by atoms with Crippen LogP contribution in [0.4, 0.5) is 0 Å². The molecule has 4 nitrogen and oxygen atoms in total. The van der Waals surface area contributed by atoms with Crippen LogP contribution in [0, 0.1) is 0 Å². The van der Waals surface area contributed by atoms with Crippen molar-refractivity contribution in [1.29, 1.82) is 0 Å². The molecule has 4 heteroatoms. The average molecular weight is 265 g/mol. The summed E-state index contributed by atoms with van der Waals surface area (Å²) in [5.74, 6) is 0.855. The van der Waals surface area contributed by atoms with Gasteiger partial charge in [-0.1, -0.05) is 13.8 Å². The van der Waals surface area contributed by atoms with Gasteiger partial charge >= 0.3 is 0 Å². The van der Waals surface area contributed by atoms with Crippen LogP contribution in [0.25, 0.3) is 0 Å². The highest BCUT2D eigenvalue weighted by molar-refractivity contribution is 5.21. The van der Waals surface area contributed by atoms with Gasteiger partial charge in [-0.05, 0) is 45.6 Å². The van der Waals surface area contributed by atoms with Gasteiger partial charge in [0, 0.05) is 12.6 Å². The largest absolute Gasteiger partial charge is 0.492 e. The van der Waals surface area contributed by atoms with Crippen LogP contribution in [0.15, 0.2) is 18.3 Å². The molecule has 1 aromatic heterocycles. The zero-order valence-corrected chi connectivity index (χ0v) is 12.6. The van der Waals surface area contributed by atoms with E-state index < -0.39 is 0 Å². The number of nitrogens with zero attached hydrogens (tertiary/aromatic N) is 2. The maximum atomic E-state index is 5.68. The zero-order chi connectivity index (χ0) is 14.1. The van der Waals surface area contributed by atoms with Gasteiger partial charge in [-0.15, -0.1) is 0 Å². The molecule has 0 spiro atoms. The van der Waals surface area contributed by atoms with E-state index in [2.05, 4.69) is 49.2 Å². The molecule has 0 aromatic carbocycles. The van der Waals surface area contributed by atoms with Gasteiger partial charge in [-0.3, -0.25) is 4.98 Å². The molecule has 0 aliphatic heterocycles. The van der Waals surface area contributed by atoms with Crippen LogP contribution in [-0.2, 0) is 0 Å². The van der Waals surface area contributed by atoms with Crippen molar-refractivity contribution in [3.63, 3.8) is 0 Å². The summed E-state index contributed by atoms with van der Waals surface area (Å²) in [6.45, 7) is 7.03. The van der Waals surface area contributed by atoms with Gasteiger partial charge in [0.25, 0.3) is 0 Å². The Kier molecular flexibility index (Phi) is 7.45. The SMILES string of the molecule is CCNC(CC)c1ccc(OCCCN(C)C)cn1. The molecule has 0 fully saturated rings. The average Bonchev–Trinajstić information content (AvgIpc) is 2.41. The van der Waals surface area contributed by atoms with Gasteiger partial charge < -0.3 is 15.0 Å². The molecule has 1 heterocycles. The maximum Gasteiger partial charge on any atom is 0.137 e. The second-order valence-corrected chi connectivity index (χ2v) is 4.94. The number of nitrogens with one attached hydrogen (secondary N) is 1. The fraction of sp³-hybridized carbons (Fsp3) is 0.667. The van der Waals surface area contributed by atoms with Crippen molar-refractivity contribution in [2.45, 2.75) is 32.7 Å². The third kappa shape index (κ3) is 6.03. The molecule has 0 saturated carbocycles. The normalized spacial score (nSPS) is 12.7. The monoisotopic (exact) mass is 265 g/mol. The summed E-state index contributed by atoms with van der Waals surface area (Å²) in [4.78, 5) is 6.64. The molecule has 0 amide bonds. The number of hydrogen-bond donors (Lipinski definition) is 1. The first-order chi connectivity index (χ1) is 9.17. The number of ether oxygens (including phenoxy) is 1. The summed E-state index contributed by atoms with van der Waals surface area (Å²) in [5, 5.41) is 3.42. The fourth-order valence-corrected chi connectivity index (χ4v) is 1.96. The van der Waals surface area contributed by atoms with Crippen molar-refractivity contribution in [3.8, 4) is 5.75 Å². The van der Waals surface area contributed by atoms with E-state index in [1.807, 2.05) is 12.3 Å². The molecule has 108 valence electrons. The third-order valence-corrected chi connectivity index (χ3v) is 2.99. The Bertz CT molecular complexity index is 338. The minimum absolute atomic E-state index is 0.341. The van der Waals surface area contributed by atoms with Gasteiger partial charge in [0.1, 0.15) is 5.75 Å². The summed E-state index contributed by atoms with van der Waals surface area (Å²) < 4.78 is 5.68. The van der Waals surface area contributed by atoms with Gasteiger partial charge in [0.05, 0.1) is 18.5 Å². The van der Waals surface area contributed by atoms with Crippen molar-refractivity contribution < 1.29 is 4.74 Å². The summed E-state index contributed by atoms with van der Waals surface area (Å²) in [6, 6.07) is 4.41. The number of hydrogen-bond acceptors (Lipinski definition) is 4. The van der Waals surface area contributed by atoms with Gasteiger partial charge in [0.2, 0.25) is 0 Å². The lowest BCUT2D eigenvalue weighted by Gasteiger charge is -2.15. The van der Waals surface area contributed by atoms with Crippen LogP contribution in [0.3, 0.4) is 0 Å². The fourth-order valence-electron chi connectivity index (χ4n) is 1.96. The maximum absolute atomic E-state index is 5.68. The highest BCUT2D eigenvalue weighted by Crippen LogP contribution is 2.17. The lowest BCUT2D eigenvalue weighted by atomic mass is 10.1. The van der Waals surface area contributed by atoms with Crippen LogP contribution in [0.5, 0.6) is 5.75 Å². The molecular weight excluding hydrogens is 238 g/mol. The van der Waals surface area contributed by atoms with Crippen LogP contribution >= 0.6 is 0 Å². The molecule has 1 unspecified atom stereocenters. The standard InChI is InChI=1S/C15H27N3O/c1-5-14(16-6-2)15-9-8-13(12-17-15)19-11-7-10-18(3)4/h8-9,12,14,16H,5-7,10-11H2,1-4H3. The van der Waals surface area contributed by atoms with E-state index in [1.165, 1.54) is 0 Å². The second kappa shape index (κ2) is 8.88. The minimum Gasteiger partial charge on any atom is -0.492 e. The highest BCUT2D eigenvalue weighted by Gasteiger charge is 2.08. The Morgan fingerprint density at radius 2 is 2.11 bits per heavy atom.